The third-order valence-electron chi connectivity index (χ3n) is 7.46. The van der Waals surface area contributed by atoms with Gasteiger partial charge in [0.15, 0.2) is 6.10 Å². The molecule has 2 aliphatic rings. The number of amides is 2. The first-order chi connectivity index (χ1) is 20.2. The Morgan fingerprint density at radius 1 is 1.19 bits per heavy atom. The van der Waals surface area contributed by atoms with Crippen LogP contribution in [0, 0.1) is 11.8 Å². The molecule has 238 valence electrons. The normalized spacial score (nSPS) is 32.0. The molecule has 2 bridgehead atoms. The van der Waals surface area contributed by atoms with Crippen LogP contribution < -0.4 is 16.4 Å². The van der Waals surface area contributed by atoms with Crippen LogP contribution in [0.3, 0.4) is 0 Å². The second-order valence-electron chi connectivity index (χ2n) is 11.2. The Morgan fingerprint density at radius 2 is 1.86 bits per heavy atom. The third kappa shape index (κ3) is 9.72. The number of rotatable bonds is 6. The Morgan fingerprint density at radius 3 is 2.44 bits per heavy atom. The van der Waals surface area contributed by atoms with Crippen molar-refractivity contribution in [3.8, 4) is 0 Å². The zero-order chi connectivity index (χ0) is 32.4. The van der Waals surface area contributed by atoms with Gasteiger partial charge in [-0.25, -0.2) is 4.79 Å². The smallest absolute Gasteiger partial charge is 0.405 e. The number of ketones is 2. The number of carbonyl (C=O) groups excluding carboxylic acids is 4. The molecule has 0 aromatic heterocycles. The quantitative estimate of drug-likeness (QED) is 0.221. The van der Waals surface area contributed by atoms with Gasteiger partial charge in [-0.2, -0.15) is 0 Å². The molecular weight excluding hydrogens is 558 g/mol. The van der Waals surface area contributed by atoms with E-state index in [1.54, 1.807) is 32.9 Å². The van der Waals surface area contributed by atoms with Gasteiger partial charge in [-0.1, -0.05) is 38.2 Å². The number of hydrogen-bond acceptors (Lipinski definition) is 10. The average Bonchev–Trinajstić information content (AvgIpc) is 2.95. The zero-order valence-electron chi connectivity index (χ0n) is 25.9. The summed E-state index contributed by atoms with van der Waals surface area (Å²) in [7, 11) is 2.90. The average molecular weight is 604 g/mol. The molecule has 0 fully saturated rings. The predicted molar refractivity (Wildman–Crippen MR) is 159 cm³/mol. The molecule has 0 unspecified atom stereocenters. The Hall–Kier alpha value is -3.58. The molecule has 1 aliphatic carbocycles. The van der Waals surface area contributed by atoms with Crippen molar-refractivity contribution in [3.63, 3.8) is 0 Å². The lowest BCUT2D eigenvalue weighted by Gasteiger charge is -2.30. The highest BCUT2D eigenvalue weighted by molar-refractivity contribution is 6.23. The zero-order valence-corrected chi connectivity index (χ0v) is 25.9. The SMILES string of the molecule is CO[C@H]1/C=C\C=C(/C)C(=O)NC2=CC(=O)C(N[C@H](C)CO)=C(C[C@@H](C)C[C@H](OC)[C@H](O)[C@@H](C)/C=C(\C)[C@@H]1OC(N)=O)C2=O. The van der Waals surface area contributed by atoms with Crippen LogP contribution in [0.4, 0.5) is 4.79 Å². The van der Waals surface area contributed by atoms with Crippen molar-refractivity contribution < 1.29 is 43.6 Å². The lowest BCUT2D eigenvalue weighted by atomic mass is 9.85. The fraction of sp³-hybridized carbons (Fsp3) is 0.548. The van der Waals surface area contributed by atoms with E-state index in [2.05, 4.69) is 10.6 Å². The van der Waals surface area contributed by atoms with Crippen molar-refractivity contribution in [1.29, 1.82) is 0 Å². The van der Waals surface area contributed by atoms with Crippen LogP contribution in [0.15, 0.2) is 58.5 Å². The maximum atomic E-state index is 13.6. The monoisotopic (exact) mass is 603 g/mol. The van der Waals surface area contributed by atoms with Crippen molar-refractivity contribution in [2.75, 3.05) is 20.8 Å². The van der Waals surface area contributed by atoms with E-state index in [9.17, 15) is 29.4 Å². The summed E-state index contributed by atoms with van der Waals surface area (Å²) in [6.07, 6.45) is 3.49. The van der Waals surface area contributed by atoms with E-state index in [4.69, 9.17) is 19.9 Å². The summed E-state index contributed by atoms with van der Waals surface area (Å²) < 4.78 is 16.5. The van der Waals surface area contributed by atoms with Gasteiger partial charge in [0.25, 0.3) is 5.91 Å². The Bertz CT molecular complexity index is 1220. The lowest BCUT2D eigenvalue weighted by molar-refractivity contribution is -0.120. The fourth-order valence-electron chi connectivity index (χ4n) is 5.03. The maximum Gasteiger partial charge on any atom is 0.405 e. The minimum absolute atomic E-state index is 0.0602. The second kappa shape index (κ2) is 16.3. The number of methoxy groups -OCH3 is 2. The number of Topliss-reactive ketones (excluding diaryl/α,β-unsaturated/α-hetero) is 1. The van der Waals surface area contributed by atoms with Crippen molar-refractivity contribution in [3.05, 3.63) is 58.5 Å². The highest BCUT2D eigenvalue weighted by Gasteiger charge is 2.33. The molecule has 1 heterocycles. The van der Waals surface area contributed by atoms with E-state index in [-0.39, 0.29) is 41.5 Å². The topological polar surface area (TPSA) is 187 Å². The van der Waals surface area contributed by atoms with Crippen LogP contribution in [0.5, 0.6) is 0 Å². The highest BCUT2D eigenvalue weighted by Crippen LogP contribution is 2.29. The second-order valence-corrected chi connectivity index (χ2v) is 11.2. The van der Waals surface area contributed by atoms with Crippen LogP contribution in [-0.2, 0) is 28.6 Å². The van der Waals surface area contributed by atoms with Gasteiger partial charge < -0.3 is 40.8 Å². The molecule has 1 aliphatic heterocycles. The molecule has 0 aromatic carbocycles. The van der Waals surface area contributed by atoms with Gasteiger partial charge >= 0.3 is 6.09 Å². The van der Waals surface area contributed by atoms with Crippen molar-refractivity contribution in [1.82, 2.24) is 10.6 Å². The molecule has 6 N–H and O–H groups in total. The van der Waals surface area contributed by atoms with Crippen LogP contribution in [0.2, 0.25) is 0 Å². The van der Waals surface area contributed by atoms with Crippen molar-refractivity contribution in [2.45, 2.75) is 77.9 Å². The minimum atomic E-state index is -1.01. The summed E-state index contributed by atoms with van der Waals surface area (Å²) in [4.78, 5) is 51.5. The van der Waals surface area contributed by atoms with E-state index in [0.717, 1.165) is 6.08 Å². The Labute approximate surface area is 252 Å². The standard InChI is InChI=1S/C31H45N3O9/c1-16-11-21-26(33-20(5)15-35)23(36)14-22(28(21)38)34-30(39)17(2)9-8-10-24(41-6)29(43-31(32)40)19(4)13-18(3)27(37)25(12-16)42-7/h8-10,13-14,16,18,20,24-25,27,29,33,35,37H,11-12,15H2,1-7H3,(H2,32,40)(H,34,39)/b10-8-,17-9+,19-13+/t16-,18+,20-,24+,25+,27-,29+/m1/s1. The van der Waals surface area contributed by atoms with Gasteiger partial charge in [0, 0.05) is 43.4 Å². The summed E-state index contributed by atoms with van der Waals surface area (Å²) in [5.41, 5.74) is 6.19. The number of nitrogens with one attached hydrogen (secondary N) is 2. The Kier molecular flexibility index (Phi) is 13.5. The van der Waals surface area contributed by atoms with E-state index >= 15 is 0 Å². The summed E-state index contributed by atoms with van der Waals surface area (Å²) in [5.74, 6) is -2.35. The number of primary amides is 1. The molecule has 0 saturated carbocycles. The molecule has 7 atom stereocenters. The summed E-state index contributed by atoms with van der Waals surface area (Å²) in [5, 5.41) is 26.3. The molecule has 12 nitrogen and oxygen atoms in total. The number of nitrogens with two attached hydrogens (primary N) is 1. The van der Waals surface area contributed by atoms with E-state index in [1.807, 2.05) is 6.92 Å². The highest BCUT2D eigenvalue weighted by atomic mass is 16.6. The number of allylic oxidation sites excluding steroid dienone is 4. The van der Waals surface area contributed by atoms with E-state index in [1.165, 1.54) is 33.3 Å². The van der Waals surface area contributed by atoms with Gasteiger partial charge in [0.05, 0.1) is 30.2 Å². The van der Waals surface area contributed by atoms with E-state index in [0.29, 0.717) is 12.0 Å². The van der Waals surface area contributed by atoms with Gasteiger partial charge in [-0.05, 0) is 45.1 Å². The predicted octanol–water partition coefficient (Wildman–Crippen LogP) is 1.73. The summed E-state index contributed by atoms with van der Waals surface area (Å²) >= 11 is 0. The van der Waals surface area contributed by atoms with Gasteiger partial charge in [0.2, 0.25) is 11.6 Å². The van der Waals surface area contributed by atoms with Crippen LogP contribution in [-0.4, -0.2) is 85.1 Å². The number of ether oxygens (including phenoxy) is 3. The van der Waals surface area contributed by atoms with Gasteiger partial charge in [-0.3, -0.25) is 14.4 Å². The number of hydrogen-bond donors (Lipinski definition) is 5. The van der Waals surface area contributed by atoms with Crippen LogP contribution >= 0.6 is 0 Å². The summed E-state index contributed by atoms with van der Waals surface area (Å²) in [6, 6.07) is -0.504. The Balaban J connectivity index is 2.64. The fourth-order valence-corrected chi connectivity index (χ4v) is 5.03. The molecule has 0 saturated heterocycles. The maximum absolute atomic E-state index is 13.6. The van der Waals surface area contributed by atoms with Crippen molar-refractivity contribution >= 4 is 23.6 Å². The molecule has 2 rings (SSSR count). The number of carbonyl (C=O) groups is 4. The van der Waals surface area contributed by atoms with Gasteiger partial charge in [-0.15, -0.1) is 0 Å². The number of aliphatic hydroxyl groups is 2. The lowest BCUT2D eigenvalue weighted by Crippen LogP contribution is -2.39. The molecule has 2 amide bonds. The van der Waals surface area contributed by atoms with E-state index < -0.39 is 59.9 Å². The first kappa shape index (κ1) is 35.6. The van der Waals surface area contributed by atoms with Crippen molar-refractivity contribution in [2.24, 2.45) is 17.6 Å². The number of aliphatic hydroxyl groups excluding tert-OH is 2. The van der Waals surface area contributed by atoms with Gasteiger partial charge in [0.1, 0.15) is 6.10 Å². The number of fused-ring (bicyclic) bond motifs is 2. The first-order valence-electron chi connectivity index (χ1n) is 14.2. The van der Waals surface area contributed by atoms with Crippen LogP contribution in [0.1, 0.15) is 47.5 Å². The molecular formula is C31H45N3O9. The largest absolute Gasteiger partial charge is 0.439 e. The molecule has 0 radical (unpaired) electrons. The molecule has 0 spiro atoms. The van der Waals surface area contributed by atoms with Crippen LogP contribution in [0.25, 0.3) is 0 Å². The molecule has 12 heteroatoms. The molecule has 0 aromatic rings. The third-order valence-corrected chi connectivity index (χ3v) is 7.46. The molecule has 43 heavy (non-hydrogen) atoms. The summed E-state index contributed by atoms with van der Waals surface area (Å²) in [6.45, 7) is 8.31. The minimum Gasteiger partial charge on any atom is -0.439 e. The first-order valence-corrected chi connectivity index (χ1v) is 14.2.